The molecule has 0 aliphatic carbocycles. The molecule has 2 aliphatic rings. The van der Waals surface area contributed by atoms with Gasteiger partial charge in [0.15, 0.2) is 0 Å². The standard InChI is InChI=1S/C14H23NO3S/c1-9(2)19-8-13(16)15-11-3-4-12(15)6-10(5-11)7-14(17)18/h9-12H,3-8H2,1-2H3,(H,17,18). The van der Waals surface area contributed by atoms with E-state index in [2.05, 4.69) is 18.7 Å². The Morgan fingerprint density at radius 3 is 2.32 bits per heavy atom. The molecule has 0 aromatic rings. The van der Waals surface area contributed by atoms with Gasteiger partial charge in [-0.05, 0) is 36.9 Å². The molecule has 0 aromatic heterocycles. The summed E-state index contributed by atoms with van der Waals surface area (Å²) in [6.45, 7) is 4.21. The molecule has 1 amide bonds. The summed E-state index contributed by atoms with van der Waals surface area (Å²) in [5.41, 5.74) is 0. The average molecular weight is 285 g/mol. The van der Waals surface area contributed by atoms with Crippen molar-refractivity contribution in [2.75, 3.05) is 5.75 Å². The average Bonchev–Trinajstić information content (AvgIpc) is 2.57. The molecule has 108 valence electrons. The fraction of sp³-hybridized carbons (Fsp3) is 0.857. The lowest BCUT2D eigenvalue weighted by atomic mass is 9.88. The molecule has 2 atom stereocenters. The van der Waals surface area contributed by atoms with Gasteiger partial charge in [-0.3, -0.25) is 9.59 Å². The maximum atomic E-state index is 12.3. The first kappa shape index (κ1) is 14.7. The fourth-order valence-corrected chi connectivity index (χ4v) is 4.05. The summed E-state index contributed by atoms with van der Waals surface area (Å²) in [7, 11) is 0. The second-order valence-corrected chi connectivity index (χ2v) is 7.55. The molecule has 2 heterocycles. The van der Waals surface area contributed by atoms with Crippen molar-refractivity contribution in [1.29, 1.82) is 0 Å². The van der Waals surface area contributed by atoms with Gasteiger partial charge in [0, 0.05) is 18.5 Å². The van der Waals surface area contributed by atoms with Gasteiger partial charge in [-0.2, -0.15) is 0 Å². The van der Waals surface area contributed by atoms with Crippen LogP contribution in [0.2, 0.25) is 0 Å². The van der Waals surface area contributed by atoms with Crippen molar-refractivity contribution in [2.45, 2.75) is 63.3 Å². The van der Waals surface area contributed by atoms with Crippen molar-refractivity contribution in [3.8, 4) is 0 Å². The number of thioether (sulfide) groups is 1. The molecule has 2 unspecified atom stereocenters. The Balaban J connectivity index is 1.91. The zero-order chi connectivity index (χ0) is 14.0. The first-order valence-electron chi connectivity index (χ1n) is 7.12. The van der Waals surface area contributed by atoms with Gasteiger partial charge in [0.05, 0.1) is 5.75 Å². The van der Waals surface area contributed by atoms with E-state index in [1.807, 2.05) is 0 Å². The van der Waals surface area contributed by atoms with Crippen LogP contribution in [0.5, 0.6) is 0 Å². The van der Waals surface area contributed by atoms with E-state index >= 15 is 0 Å². The number of aliphatic carboxylic acids is 1. The zero-order valence-corrected chi connectivity index (χ0v) is 12.5. The van der Waals surface area contributed by atoms with E-state index in [1.165, 1.54) is 0 Å². The third kappa shape index (κ3) is 3.65. The lowest BCUT2D eigenvalue weighted by molar-refractivity contribution is -0.139. The summed E-state index contributed by atoms with van der Waals surface area (Å²) < 4.78 is 0. The third-order valence-corrected chi connectivity index (χ3v) is 5.20. The van der Waals surface area contributed by atoms with Crippen molar-refractivity contribution in [3.63, 3.8) is 0 Å². The number of carboxylic acid groups (broad SMARTS) is 1. The molecule has 2 aliphatic heterocycles. The highest BCUT2D eigenvalue weighted by molar-refractivity contribution is 8.00. The summed E-state index contributed by atoms with van der Waals surface area (Å²) in [4.78, 5) is 25.2. The van der Waals surface area contributed by atoms with Gasteiger partial charge >= 0.3 is 5.97 Å². The number of fused-ring (bicyclic) bond motifs is 2. The Bertz CT molecular complexity index is 345. The Morgan fingerprint density at radius 2 is 1.84 bits per heavy atom. The Kier molecular flexibility index (Phi) is 4.76. The van der Waals surface area contributed by atoms with Gasteiger partial charge in [-0.1, -0.05) is 13.8 Å². The van der Waals surface area contributed by atoms with E-state index in [9.17, 15) is 9.59 Å². The number of nitrogens with zero attached hydrogens (tertiary/aromatic N) is 1. The summed E-state index contributed by atoms with van der Waals surface area (Å²) in [5, 5.41) is 9.37. The number of amides is 1. The van der Waals surface area contributed by atoms with Crippen LogP contribution in [0.25, 0.3) is 0 Å². The number of rotatable bonds is 5. The second-order valence-electron chi connectivity index (χ2n) is 5.98. The summed E-state index contributed by atoms with van der Waals surface area (Å²) >= 11 is 1.69. The van der Waals surface area contributed by atoms with Crippen LogP contribution in [-0.4, -0.2) is 45.0 Å². The van der Waals surface area contributed by atoms with Crippen LogP contribution in [-0.2, 0) is 9.59 Å². The van der Waals surface area contributed by atoms with Crippen LogP contribution in [0.1, 0.15) is 46.0 Å². The molecule has 2 saturated heterocycles. The summed E-state index contributed by atoms with van der Waals surface area (Å²) in [5.74, 6) is 0.366. The SMILES string of the molecule is CC(C)SCC(=O)N1C2CCC1CC(CC(=O)O)C2. The van der Waals surface area contributed by atoms with Gasteiger partial charge in [0.2, 0.25) is 5.91 Å². The molecule has 19 heavy (non-hydrogen) atoms. The smallest absolute Gasteiger partial charge is 0.303 e. The van der Waals surface area contributed by atoms with Gasteiger partial charge in [0.25, 0.3) is 0 Å². The molecule has 2 bridgehead atoms. The van der Waals surface area contributed by atoms with Gasteiger partial charge in [-0.25, -0.2) is 0 Å². The van der Waals surface area contributed by atoms with Gasteiger partial charge < -0.3 is 10.0 Å². The molecule has 1 N–H and O–H groups in total. The van der Waals surface area contributed by atoms with Crippen LogP contribution in [0, 0.1) is 5.92 Å². The number of carboxylic acids is 1. The summed E-state index contributed by atoms with van der Waals surface area (Å²) in [6.07, 6.45) is 4.12. The van der Waals surface area contributed by atoms with Crippen molar-refractivity contribution >= 4 is 23.6 Å². The minimum atomic E-state index is -0.709. The lowest BCUT2D eigenvalue weighted by Crippen LogP contribution is -2.47. The first-order chi connectivity index (χ1) is 8.97. The highest BCUT2D eigenvalue weighted by Crippen LogP contribution is 2.40. The minimum absolute atomic E-state index is 0.250. The predicted octanol–water partition coefficient (Wildman–Crippen LogP) is 2.37. The highest BCUT2D eigenvalue weighted by Gasteiger charge is 2.43. The Morgan fingerprint density at radius 1 is 1.26 bits per heavy atom. The topological polar surface area (TPSA) is 57.6 Å². The van der Waals surface area contributed by atoms with E-state index < -0.39 is 5.97 Å². The fourth-order valence-electron chi connectivity index (χ4n) is 3.42. The van der Waals surface area contributed by atoms with Crippen molar-refractivity contribution in [2.24, 2.45) is 5.92 Å². The molecular formula is C14H23NO3S. The Hall–Kier alpha value is -0.710. The number of hydrogen-bond donors (Lipinski definition) is 1. The maximum Gasteiger partial charge on any atom is 0.303 e. The van der Waals surface area contributed by atoms with Crippen LogP contribution < -0.4 is 0 Å². The third-order valence-electron chi connectivity index (χ3n) is 4.12. The Labute approximate surface area is 118 Å². The molecule has 0 saturated carbocycles. The molecule has 0 aromatic carbocycles. The van der Waals surface area contributed by atoms with Crippen molar-refractivity contribution in [3.05, 3.63) is 0 Å². The van der Waals surface area contributed by atoms with Crippen molar-refractivity contribution < 1.29 is 14.7 Å². The van der Waals surface area contributed by atoms with Gasteiger partial charge in [-0.15, -0.1) is 11.8 Å². The van der Waals surface area contributed by atoms with Crippen LogP contribution in [0.4, 0.5) is 0 Å². The van der Waals surface area contributed by atoms with Crippen LogP contribution >= 0.6 is 11.8 Å². The van der Waals surface area contributed by atoms with Crippen LogP contribution in [0.3, 0.4) is 0 Å². The monoisotopic (exact) mass is 285 g/mol. The van der Waals surface area contributed by atoms with Gasteiger partial charge in [0.1, 0.15) is 0 Å². The largest absolute Gasteiger partial charge is 0.481 e. The number of hydrogen-bond acceptors (Lipinski definition) is 3. The maximum absolute atomic E-state index is 12.3. The number of carbonyl (C=O) groups excluding carboxylic acids is 1. The number of carbonyl (C=O) groups is 2. The first-order valence-corrected chi connectivity index (χ1v) is 8.16. The summed E-state index contributed by atoms with van der Waals surface area (Å²) in [6, 6.07) is 0.590. The molecule has 5 heteroatoms. The van der Waals surface area contributed by atoms with E-state index in [0.717, 1.165) is 25.7 Å². The van der Waals surface area contributed by atoms with E-state index in [4.69, 9.17) is 5.11 Å². The normalized spacial score (nSPS) is 29.8. The number of piperidine rings is 1. The molecule has 0 radical (unpaired) electrons. The zero-order valence-electron chi connectivity index (χ0n) is 11.7. The van der Waals surface area contributed by atoms with E-state index in [0.29, 0.717) is 23.1 Å². The minimum Gasteiger partial charge on any atom is -0.481 e. The van der Waals surface area contributed by atoms with Crippen molar-refractivity contribution in [1.82, 2.24) is 4.90 Å². The molecule has 2 rings (SSSR count). The van der Waals surface area contributed by atoms with E-state index in [-0.39, 0.29) is 18.2 Å². The quantitative estimate of drug-likeness (QED) is 0.842. The van der Waals surface area contributed by atoms with E-state index in [1.54, 1.807) is 11.8 Å². The predicted molar refractivity (Wildman–Crippen MR) is 76.2 cm³/mol. The second kappa shape index (κ2) is 6.16. The van der Waals surface area contributed by atoms with Crippen LogP contribution in [0.15, 0.2) is 0 Å². The molecule has 2 fully saturated rings. The highest BCUT2D eigenvalue weighted by atomic mass is 32.2. The molecular weight excluding hydrogens is 262 g/mol. The molecule has 4 nitrogen and oxygen atoms in total. The lowest BCUT2D eigenvalue weighted by Gasteiger charge is -2.38. The molecule has 0 spiro atoms.